The van der Waals surface area contributed by atoms with Gasteiger partial charge in [-0.2, -0.15) is 0 Å². The van der Waals surface area contributed by atoms with Gasteiger partial charge in [-0.05, 0) is 13.0 Å². The Balaban J connectivity index is 2.70. The van der Waals surface area contributed by atoms with E-state index in [1.807, 2.05) is 0 Å². The first-order chi connectivity index (χ1) is 12.3. The van der Waals surface area contributed by atoms with Gasteiger partial charge in [0.25, 0.3) is 0 Å². The standard InChI is InChI=1S/C17H31N5O4/c1-18-13(23)5-9-21(3)15(25)11-17(7-8-20-12-17)16(26)22(4)10-6-14(24)19-2/h20H,5-12H2,1-4H3,(H,18,23)(H,19,24). The van der Waals surface area contributed by atoms with E-state index < -0.39 is 5.41 Å². The van der Waals surface area contributed by atoms with E-state index in [1.165, 1.54) is 9.80 Å². The van der Waals surface area contributed by atoms with Crippen molar-refractivity contribution in [2.75, 3.05) is 54.4 Å². The molecular formula is C17H31N5O4. The minimum Gasteiger partial charge on any atom is -0.359 e. The molecule has 1 unspecified atom stereocenters. The Bertz CT molecular complexity index is 531. The quantitative estimate of drug-likeness (QED) is 0.460. The fourth-order valence-corrected chi connectivity index (χ4v) is 3.00. The summed E-state index contributed by atoms with van der Waals surface area (Å²) in [7, 11) is 6.41. The molecular weight excluding hydrogens is 338 g/mol. The largest absolute Gasteiger partial charge is 0.359 e. The van der Waals surface area contributed by atoms with Gasteiger partial charge in [0, 0.05) is 67.1 Å². The Morgan fingerprint density at radius 3 is 1.96 bits per heavy atom. The summed E-state index contributed by atoms with van der Waals surface area (Å²) in [5.41, 5.74) is -0.796. The van der Waals surface area contributed by atoms with Gasteiger partial charge in [0.2, 0.25) is 23.6 Å². The molecule has 0 bridgehead atoms. The van der Waals surface area contributed by atoms with Crippen LogP contribution in [0.4, 0.5) is 0 Å². The monoisotopic (exact) mass is 369 g/mol. The van der Waals surface area contributed by atoms with Gasteiger partial charge in [0.1, 0.15) is 0 Å². The normalized spacial score (nSPS) is 18.9. The second kappa shape index (κ2) is 10.1. The SMILES string of the molecule is CNC(=O)CCN(C)C(=O)CC1(C(=O)N(C)CCC(=O)NC)CCNC1. The number of rotatable bonds is 9. The summed E-state index contributed by atoms with van der Waals surface area (Å²) in [5, 5.41) is 8.22. The van der Waals surface area contributed by atoms with E-state index in [1.54, 1.807) is 28.2 Å². The van der Waals surface area contributed by atoms with Crippen LogP contribution in [0.2, 0.25) is 0 Å². The molecule has 0 radical (unpaired) electrons. The van der Waals surface area contributed by atoms with E-state index in [0.717, 1.165) is 0 Å². The lowest BCUT2D eigenvalue weighted by Gasteiger charge is -2.32. The van der Waals surface area contributed by atoms with Crippen LogP contribution in [0.5, 0.6) is 0 Å². The van der Waals surface area contributed by atoms with E-state index in [2.05, 4.69) is 16.0 Å². The van der Waals surface area contributed by atoms with Crippen LogP contribution in [0.25, 0.3) is 0 Å². The fraction of sp³-hybridized carbons (Fsp3) is 0.765. The molecule has 1 rings (SSSR count). The van der Waals surface area contributed by atoms with Crippen LogP contribution < -0.4 is 16.0 Å². The van der Waals surface area contributed by atoms with Crippen molar-refractivity contribution in [2.45, 2.75) is 25.7 Å². The molecule has 0 aromatic heterocycles. The predicted octanol–water partition coefficient (Wildman–Crippen LogP) is -1.45. The highest BCUT2D eigenvalue weighted by atomic mass is 16.2. The molecule has 1 fully saturated rings. The molecule has 1 saturated heterocycles. The van der Waals surface area contributed by atoms with Gasteiger partial charge in [0.05, 0.1) is 5.41 Å². The van der Waals surface area contributed by atoms with E-state index in [4.69, 9.17) is 0 Å². The fourth-order valence-electron chi connectivity index (χ4n) is 3.00. The van der Waals surface area contributed by atoms with Crippen molar-refractivity contribution in [1.29, 1.82) is 0 Å². The lowest BCUT2D eigenvalue weighted by atomic mass is 9.81. The number of hydrogen-bond donors (Lipinski definition) is 3. The molecule has 1 aliphatic rings. The molecule has 9 heteroatoms. The first kappa shape index (κ1) is 21.9. The van der Waals surface area contributed by atoms with E-state index >= 15 is 0 Å². The average Bonchev–Trinajstić information content (AvgIpc) is 3.11. The first-order valence-electron chi connectivity index (χ1n) is 8.87. The van der Waals surface area contributed by atoms with Crippen LogP contribution in [0, 0.1) is 5.41 Å². The van der Waals surface area contributed by atoms with Crippen LogP contribution in [-0.2, 0) is 19.2 Å². The molecule has 1 heterocycles. The van der Waals surface area contributed by atoms with E-state index in [-0.39, 0.29) is 42.9 Å². The van der Waals surface area contributed by atoms with Crippen LogP contribution in [0.15, 0.2) is 0 Å². The van der Waals surface area contributed by atoms with Crippen LogP contribution in [0.3, 0.4) is 0 Å². The second-order valence-electron chi connectivity index (χ2n) is 6.77. The van der Waals surface area contributed by atoms with Crippen molar-refractivity contribution < 1.29 is 19.2 Å². The Morgan fingerprint density at radius 2 is 1.50 bits per heavy atom. The van der Waals surface area contributed by atoms with Crippen molar-refractivity contribution in [3.05, 3.63) is 0 Å². The predicted molar refractivity (Wildman–Crippen MR) is 97.2 cm³/mol. The Labute approximate surface area is 154 Å². The Kier molecular flexibility index (Phi) is 8.50. The summed E-state index contributed by atoms with van der Waals surface area (Å²) in [6, 6.07) is 0. The zero-order valence-electron chi connectivity index (χ0n) is 16.2. The topological polar surface area (TPSA) is 111 Å². The number of nitrogens with zero attached hydrogens (tertiary/aromatic N) is 2. The molecule has 26 heavy (non-hydrogen) atoms. The Hall–Kier alpha value is -2.16. The van der Waals surface area contributed by atoms with Crippen molar-refractivity contribution >= 4 is 23.6 Å². The lowest BCUT2D eigenvalue weighted by molar-refractivity contribution is -0.146. The zero-order chi connectivity index (χ0) is 19.7. The Morgan fingerprint density at radius 1 is 0.962 bits per heavy atom. The summed E-state index contributed by atoms with van der Waals surface area (Å²) in [6.45, 7) is 1.72. The molecule has 0 aromatic carbocycles. The zero-order valence-corrected chi connectivity index (χ0v) is 16.2. The highest BCUT2D eigenvalue weighted by Gasteiger charge is 2.44. The molecule has 0 aliphatic carbocycles. The number of amides is 4. The maximum Gasteiger partial charge on any atom is 0.230 e. The van der Waals surface area contributed by atoms with Crippen molar-refractivity contribution in [3.63, 3.8) is 0 Å². The van der Waals surface area contributed by atoms with Crippen molar-refractivity contribution in [2.24, 2.45) is 5.41 Å². The maximum absolute atomic E-state index is 13.0. The smallest absolute Gasteiger partial charge is 0.230 e. The molecule has 0 spiro atoms. The third-order valence-corrected chi connectivity index (χ3v) is 4.87. The summed E-state index contributed by atoms with van der Waals surface area (Å²) in [4.78, 5) is 51.3. The summed E-state index contributed by atoms with van der Waals surface area (Å²) in [6.07, 6.45) is 1.12. The molecule has 1 atom stereocenters. The van der Waals surface area contributed by atoms with Crippen LogP contribution >= 0.6 is 0 Å². The number of carbonyl (C=O) groups excluding carboxylic acids is 4. The van der Waals surface area contributed by atoms with Gasteiger partial charge >= 0.3 is 0 Å². The molecule has 9 nitrogen and oxygen atoms in total. The highest BCUT2D eigenvalue weighted by molar-refractivity contribution is 5.90. The molecule has 1 aliphatic heterocycles. The molecule has 0 aromatic rings. The average molecular weight is 369 g/mol. The van der Waals surface area contributed by atoms with Crippen molar-refractivity contribution in [3.8, 4) is 0 Å². The van der Waals surface area contributed by atoms with Gasteiger partial charge in [0.15, 0.2) is 0 Å². The third kappa shape index (κ3) is 5.98. The molecule has 0 saturated carbocycles. The third-order valence-electron chi connectivity index (χ3n) is 4.87. The molecule has 4 amide bonds. The highest BCUT2D eigenvalue weighted by Crippen LogP contribution is 2.32. The summed E-state index contributed by atoms with van der Waals surface area (Å²) < 4.78 is 0. The first-order valence-corrected chi connectivity index (χ1v) is 8.87. The van der Waals surface area contributed by atoms with E-state index in [9.17, 15) is 19.2 Å². The van der Waals surface area contributed by atoms with Gasteiger partial charge in [-0.25, -0.2) is 0 Å². The lowest BCUT2D eigenvalue weighted by Crippen LogP contribution is -2.47. The van der Waals surface area contributed by atoms with Gasteiger partial charge in [-0.1, -0.05) is 0 Å². The van der Waals surface area contributed by atoms with Gasteiger partial charge in [-0.15, -0.1) is 0 Å². The van der Waals surface area contributed by atoms with Crippen molar-refractivity contribution in [1.82, 2.24) is 25.8 Å². The summed E-state index contributed by atoms with van der Waals surface area (Å²) in [5.74, 6) is -0.551. The number of carbonyl (C=O) groups is 4. The van der Waals surface area contributed by atoms with E-state index in [0.29, 0.717) is 32.6 Å². The second-order valence-corrected chi connectivity index (χ2v) is 6.77. The number of nitrogens with one attached hydrogen (secondary N) is 3. The molecule has 148 valence electrons. The maximum atomic E-state index is 13.0. The minimum atomic E-state index is -0.796. The molecule has 3 N–H and O–H groups in total. The van der Waals surface area contributed by atoms with Gasteiger partial charge < -0.3 is 25.8 Å². The van der Waals surface area contributed by atoms with Crippen LogP contribution in [-0.4, -0.2) is 87.8 Å². The minimum absolute atomic E-state index is 0.0907. The summed E-state index contributed by atoms with van der Waals surface area (Å²) >= 11 is 0. The van der Waals surface area contributed by atoms with Crippen LogP contribution in [0.1, 0.15) is 25.7 Å². The van der Waals surface area contributed by atoms with Gasteiger partial charge in [-0.3, -0.25) is 19.2 Å². The number of hydrogen-bond acceptors (Lipinski definition) is 5.